The van der Waals surface area contributed by atoms with Gasteiger partial charge in [-0.3, -0.25) is 37.3 Å². The summed E-state index contributed by atoms with van der Waals surface area (Å²) in [6, 6.07) is 0. The van der Waals surface area contributed by atoms with Gasteiger partial charge in [0.05, 0.1) is 26.4 Å². The SMILES string of the molecule is CCCCCCCCCCCCCCCCCCCCCCC(=O)OC[C@H](COP(=O)(O)OC[C@@H](O)COP(=O)(O)OC[C@@H](COC(=O)CCCCCCCCCCCCCC)OC(=O)CCCCCCCCCCCCCCCC)OC(=O)CCCCCCCCCCCCCCCCCCCCC(C)C. The van der Waals surface area contributed by atoms with E-state index in [1.165, 1.54) is 302 Å². The molecule has 5 atom stereocenters. The topological polar surface area (TPSA) is 237 Å². The molecule has 0 aromatic rings. The second-order valence-corrected chi connectivity index (χ2v) is 35.0. The second kappa shape index (κ2) is 80.7. The molecule has 0 aromatic heterocycles. The van der Waals surface area contributed by atoms with Gasteiger partial charge in [0.1, 0.15) is 19.3 Å². The van der Waals surface area contributed by atoms with Crippen LogP contribution in [0.3, 0.4) is 0 Å². The fourth-order valence-corrected chi connectivity index (χ4v) is 15.4. The molecular formula is C88H172O17P2. The average Bonchev–Trinajstić information content (AvgIpc) is 0.903. The van der Waals surface area contributed by atoms with Crippen LogP contribution in [0.1, 0.15) is 478 Å². The molecule has 0 aliphatic rings. The molecule has 0 saturated heterocycles. The standard InChI is InChI=1S/C88H172O17P2/c1-6-9-12-15-18-21-24-27-29-30-31-32-36-39-43-47-52-57-62-67-72-86(91)99-78-84(105-88(93)74-69-64-59-54-49-44-40-37-34-33-35-38-41-45-50-55-60-65-70-81(4)5)80-103-107(96,97)101-76-82(89)75-100-106(94,95)102-79-83(77-98-85(90)71-66-61-56-51-46-26-23-20-17-14-11-8-3)104-87(92)73-68-63-58-53-48-42-28-25-22-19-16-13-10-7-2/h81-84,89H,6-80H2,1-5H3,(H,94,95)(H,96,97)/t82-,83+,84+/m0/s1. The van der Waals surface area contributed by atoms with Crippen molar-refractivity contribution in [3.63, 3.8) is 0 Å². The lowest BCUT2D eigenvalue weighted by Crippen LogP contribution is -2.30. The maximum absolute atomic E-state index is 13.2. The fraction of sp³-hybridized carbons (Fsp3) is 0.955. The third-order valence-corrected chi connectivity index (χ3v) is 22.7. The van der Waals surface area contributed by atoms with Gasteiger partial charge >= 0.3 is 39.5 Å². The number of aliphatic hydroxyl groups is 1. The number of unbranched alkanes of at least 4 members (excludes halogenated alkanes) is 60. The zero-order valence-electron chi connectivity index (χ0n) is 70.3. The number of hydrogen-bond acceptors (Lipinski definition) is 15. The van der Waals surface area contributed by atoms with Gasteiger partial charge in [-0.2, -0.15) is 0 Å². The number of carbonyl (C=O) groups is 4. The molecule has 3 N–H and O–H groups in total. The maximum Gasteiger partial charge on any atom is 0.472 e. The molecule has 0 aliphatic carbocycles. The van der Waals surface area contributed by atoms with Crippen LogP contribution in [0.15, 0.2) is 0 Å². The summed E-state index contributed by atoms with van der Waals surface area (Å²) in [5.41, 5.74) is 0. The molecule has 0 spiro atoms. The van der Waals surface area contributed by atoms with Gasteiger partial charge in [-0.05, 0) is 31.6 Å². The Kier molecular flexibility index (Phi) is 79.2. The van der Waals surface area contributed by atoms with Crippen molar-refractivity contribution in [3.05, 3.63) is 0 Å². The van der Waals surface area contributed by atoms with Gasteiger partial charge in [0.25, 0.3) is 0 Å². The lowest BCUT2D eigenvalue weighted by molar-refractivity contribution is -0.161. The van der Waals surface area contributed by atoms with E-state index in [-0.39, 0.29) is 25.7 Å². The van der Waals surface area contributed by atoms with Crippen molar-refractivity contribution in [2.24, 2.45) is 5.92 Å². The summed E-state index contributed by atoms with van der Waals surface area (Å²) in [5.74, 6) is -1.27. The third-order valence-electron chi connectivity index (χ3n) is 20.8. The zero-order valence-corrected chi connectivity index (χ0v) is 72.1. The Bertz CT molecular complexity index is 2030. The van der Waals surface area contributed by atoms with Gasteiger partial charge in [-0.15, -0.1) is 0 Å². The molecule has 17 nitrogen and oxygen atoms in total. The van der Waals surface area contributed by atoms with Crippen LogP contribution in [-0.4, -0.2) is 96.7 Å². The van der Waals surface area contributed by atoms with Crippen LogP contribution < -0.4 is 0 Å². The largest absolute Gasteiger partial charge is 0.472 e. The van der Waals surface area contributed by atoms with Crippen molar-refractivity contribution < 1.29 is 80.2 Å². The molecule has 0 fully saturated rings. The van der Waals surface area contributed by atoms with E-state index >= 15 is 0 Å². The molecule has 0 rings (SSSR count). The minimum Gasteiger partial charge on any atom is -0.462 e. The van der Waals surface area contributed by atoms with E-state index in [9.17, 15) is 43.2 Å². The Labute approximate surface area is 658 Å². The first-order chi connectivity index (χ1) is 52.0. The van der Waals surface area contributed by atoms with Crippen LogP contribution in [0.2, 0.25) is 0 Å². The molecule has 0 aliphatic heterocycles. The van der Waals surface area contributed by atoms with Gasteiger partial charge in [-0.1, -0.05) is 426 Å². The summed E-state index contributed by atoms with van der Waals surface area (Å²) in [5, 5.41) is 10.7. The fourth-order valence-electron chi connectivity index (χ4n) is 13.8. The van der Waals surface area contributed by atoms with Crippen LogP contribution in [0.25, 0.3) is 0 Å². The molecule has 0 saturated carbocycles. The maximum atomic E-state index is 13.2. The van der Waals surface area contributed by atoms with Gasteiger partial charge < -0.3 is 33.8 Å². The first-order valence-corrected chi connectivity index (χ1v) is 48.6. The monoisotopic (exact) mass is 1560 g/mol. The van der Waals surface area contributed by atoms with Crippen LogP contribution in [0.4, 0.5) is 0 Å². The molecule has 0 amide bonds. The van der Waals surface area contributed by atoms with Crippen molar-refractivity contribution in [2.75, 3.05) is 39.6 Å². The van der Waals surface area contributed by atoms with Crippen LogP contribution in [0, 0.1) is 5.92 Å². The highest BCUT2D eigenvalue weighted by molar-refractivity contribution is 7.47. The van der Waals surface area contributed by atoms with Crippen molar-refractivity contribution in [1.29, 1.82) is 0 Å². The predicted octanol–water partition coefficient (Wildman–Crippen LogP) is 27.2. The molecule has 2 unspecified atom stereocenters. The van der Waals surface area contributed by atoms with Crippen molar-refractivity contribution in [3.8, 4) is 0 Å². The lowest BCUT2D eigenvalue weighted by atomic mass is 10.0. The van der Waals surface area contributed by atoms with E-state index in [1.807, 2.05) is 0 Å². The molecule has 0 heterocycles. The summed E-state index contributed by atoms with van der Waals surface area (Å²) in [7, 11) is -9.93. The number of ether oxygens (including phenoxy) is 4. The molecule has 636 valence electrons. The molecule has 107 heavy (non-hydrogen) atoms. The van der Waals surface area contributed by atoms with Crippen molar-refractivity contribution >= 4 is 39.5 Å². The van der Waals surface area contributed by atoms with Gasteiger partial charge in [-0.25, -0.2) is 9.13 Å². The number of carbonyl (C=O) groups excluding carboxylic acids is 4. The Morgan fingerprint density at radius 2 is 0.430 bits per heavy atom. The molecule has 0 radical (unpaired) electrons. The molecule has 19 heteroatoms. The van der Waals surface area contributed by atoms with Crippen LogP contribution >= 0.6 is 15.6 Å². The van der Waals surface area contributed by atoms with Gasteiger partial charge in [0.15, 0.2) is 12.2 Å². The minimum absolute atomic E-state index is 0.109. The lowest BCUT2D eigenvalue weighted by Gasteiger charge is -2.21. The summed E-state index contributed by atoms with van der Waals surface area (Å²) in [6.07, 6.45) is 75.0. The van der Waals surface area contributed by atoms with E-state index in [2.05, 4.69) is 34.6 Å². The van der Waals surface area contributed by atoms with E-state index in [0.29, 0.717) is 25.7 Å². The zero-order chi connectivity index (χ0) is 78.3. The van der Waals surface area contributed by atoms with Crippen molar-refractivity contribution in [2.45, 2.75) is 496 Å². The third kappa shape index (κ3) is 81.9. The summed E-state index contributed by atoms with van der Waals surface area (Å²) < 4.78 is 69.0. The minimum atomic E-state index is -4.97. The first kappa shape index (κ1) is 105. The van der Waals surface area contributed by atoms with Crippen LogP contribution in [0.5, 0.6) is 0 Å². The normalized spacial score (nSPS) is 13.7. The molecule has 0 aromatic carbocycles. The Morgan fingerprint density at radius 3 is 0.636 bits per heavy atom. The summed E-state index contributed by atoms with van der Waals surface area (Å²) in [6.45, 7) is 7.42. The quantitative estimate of drug-likeness (QED) is 0.0222. The Morgan fingerprint density at radius 1 is 0.252 bits per heavy atom. The van der Waals surface area contributed by atoms with Crippen LogP contribution in [-0.2, 0) is 65.4 Å². The number of rotatable bonds is 88. The smallest absolute Gasteiger partial charge is 0.462 e. The average molecular weight is 1560 g/mol. The summed E-state index contributed by atoms with van der Waals surface area (Å²) >= 11 is 0. The van der Waals surface area contributed by atoms with Crippen molar-refractivity contribution in [1.82, 2.24) is 0 Å². The van der Waals surface area contributed by atoms with E-state index < -0.39 is 97.5 Å². The second-order valence-electron chi connectivity index (χ2n) is 32.1. The predicted molar refractivity (Wildman–Crippen MR) is 442 cm³/mol. The number of aliphatic hydroxyl groups excluding tert-OH is 1. The highest BCUT2D eigenvalue weighted by Gasteiger charge is 2.30. The number of phosphoric ester groups is 2. The first-order valence-electron chi connectivity index (χ1n) is 45.6. The van der Waals surface area contributed by atoms with E-state index in [1.54, 1.807) is 0 Å². The Balaban J connectivity index is 5.23. The van der Waals surface area contributed by atoms with E-state index in [4.69, 9.17) is 37.0 Å². The van der Waals surface area contributed by atoms with E-state index in [0.717, 1.165) is 95.8 Å². The number of hydrogen-bond donors (Lipinski definition) is 3. The Hall–Kier alpha value is -1.94. The highest BCUT2D eigenvalue weighted by Crippen LogP contribution is 2.45. The highest BCUT2D eigenvalue weighted by atomic mass is 31.2. The number of esters is 4. The van der Waals surface area contributed by atoms with Gasteiger partial charge in [0, 0.05) is 25.7 Å². The summed E-state index contributed by atoms with van der Waals surface area (Å²) in [4.78, 5) is 73.3. The van der Waals surface area contributed by atoms with Gasteiger partial charge in [0.2, 0.25) is 0 Å². The number of phosphoric acid groups is 2. The molecular weight excluding hydrogens is 1390 g/mol. The molecule has 0 bridgehead atoms.